The van der Waals surface area contributed by atoms with E-state index in [4.69, 9.17) is 9.05 Å². The highest BCUT2D eigenvalue weighted by atomic mass is 31.2. The summed E-state index contributed by atoms with van der Waals surface area (Å²) >= 11 is 0. The van der Waals surface area contributed by atoms with Gasteiger partial charge in [-0.1, -0.05) is 25.2 Å². The number of hydrogen-bond donors (Lipinski definition) is 1. The Labute approximate surface area is 116 Å². The van der Waals surface area contributed by atoms with E-state index < -0.39 is 18.9 Å². The van der Waals surface area contributed by atoms with Crippen LogP contribution in [0, 0.1) is 5.92 Å². The summed E-state index contributed by atoms with van der Waals surface area (Å²) in [6, 6.07) is 0. The minimum absolute atomic E-state index is 0.219. The number of allylic oxidation sites excluding steroid dienone is 1. The molecule has 19 heavy (non-hydrogen) atoms. The Kier molecular flexibility index (Phi) is 6.00. The Morgan fingerprint density at radius 1 is 1.53 bits per heavy atom. The van der Waals surface area contributed by atoms with Crippen LogP contribution in [0.2, 0.25) is 0 Å². The van der Waals surface area contributed by atoms with E-state index >= 15 is 0 Å². The summed E-state index contributed by atoms with van der Waals surface area (Å²) in [5.41, 5.74) is -1.77. The summed E-state index contributed by atoms with van der Waals surface area (Å²) in [4.78, 5) is 0. The van der Waals surface area contributed by atoms with Gasteiger partial charge in [0.25, 0.3) is 0 Å². The zero-order valence-electron chi connectivity index (χ0n) is 12.0. The Balaban J connectivity index is 3.15. The standard InChI is InChI=1S/C14H25O4P/c1-5-12(4)14(15)11-9-8-10-13(14)19(16,17-6-2)18-7-3/h5,9,11-13,15H,1,6-8,10H2,2-4H3/t12?,13-,14-/m1/s1. The predicted octanol–water partition coefficient (Wildman–Crippen LogP) is 3.52. The van der Waals surface area contributed by atoms with Gasteiger partial charge in [0.05, 0.1) is 18.9 Å². The molecule has 1 unspecified atom stereocenters. The van der Waals surface area contributed by atoms with Crippen molar-refractivity contribution in [2.24, 2.45) is 5.92 Å². The average molecular weight is 288 g/mol. The molecule has 0 saturated carbocycles. The molecule has 3 atom stereocenters. The minimum atomic E-state index is -3.33. The van der Waals surface area contributed by atoms with E-state index in [1.54, 1.807) is 26.0 Å². The first-order valence-electron chi connectivity index (χ1n) is 6.86. The molecule has 5 heteroatoms. The lowest BCUT2D eigenvalue weighted by Crippen LogP contribution is -2.47. The molecule has 1 N–H and O–H groups in total. The van der Waals surface area contributed by atoms with Gasteiger partial charge in [0.2, 0.25) is 0 Å². The third-order valence-corrected chi connectivity index (χ3v) is 6.28. The van der Waals surface area contributed by atoms with E-state index in [-0.39, 0.29) is 5.92 Å². The minimum Gasteiger partial charge on any atom is -0.384 e. The molecular formula is C14H25O4P. The number of rotatable bonds is 7. The van der Waals surface area contributed by atoms with Gasteiger partial charge < -0.3 is 14.2 Å². The van der Waals surface area contributed by atoms with Crippen molar-refractivity contribution >= 4 is 7.60 Å². The molecule has 0 amide bonds. The van der Waals surface area contributed by atoms with Crippen molar-refractivity contribution < 1.29 is 18.7 Å². The zero-order valence-corrected chi connectivity index (χ0v) is 12.9. The summed E-state index contributed by atoms with van der Waals surface area (Å²) in [5.74, 6) is -0.219. The molecule has 0 aliphatic heterocycles. The Hall–Kier alpha value is -0.410. The maximum absolute atomic E-state index is 12.9. The van der Waals surface area contributed by atoms with E-state index in [9.17, 15) is 9.67 Å². The first kappa shape index (κ1) is 16.6. The largest absolute Gasteiger partial charge is 0.384 e. The summed E-state index contributed by atoms with van der Waals surface area (Å²) in [6.45, 7) is 9.74. The Morgan fingerprint density at radius 2 is 2.11 bits per heavy atom. The van der Waals surface area contributed by atoms with Crippen molar-refractivity contribution in [3.05, 3.63) is 24.8 Å². The number of hydrogen-bond acceptors (Lipinski definition) is 4. The van der Waals surface area contributed by atoms with Crippen LogP contribution >= 0.6 is 7.60 Å². The van der Waals surface area contributed by atoms with Crippen molar-refractivity contribution in [2.75, 3.05) is 13.2 Å². The Morgan fingerprint density at radius 3 is 2.58 bits per heavy atom. The topological polar surface area (TPSA) is 55.8 Å². The van der Waals surface area contributed by atoms with Gasteiger partial charge in [-0.05, 0) is 26.7 Å². The smallest absolute Gasteiger partial charge is 0.336 e. The van der Waals surface area contributed by atoms with Gasteiger partial charge in [-0.3, -0.25) is 4.57 Å². The lowest BCUT2D eigenvalue weighted by atomic mass is 9.80. The van der Waals surface area contributed by atoms with Crippen molar-refractivity contribution in [3.8, 4) is 0 Å². The normalized spacial score (nSPS) is 29.2. The summed E-state index contributed by atoms with van der Waals surface area (Å²) in [5, 5.41) is 10.9. The summed E-state index contributed by atoms with van der Waals surface area (Å²) < 4.78 is 23.7. The van der Waals surface area contributed by atoms with Crippen LogP contribution < -0.4 is 0 Å². The van der Waals surface area contributed by atoms with Crippen LogP contribution in [-0.2, 0) is 13.6 Å². The third kappa shape index (κ3) is 3.38. The molecule has 0 spiro atoms. The maximum Gasteiger partial charge on any atom is 0.336 e. The second kappa shape index (κ2) is 6.85. The van der Waals surface area contributed by atoms with Crippen molar-refractivity contribution in [2.45, 2.75) is 44.9 Å². The van der Waals surface area contributed by atoms with Crippen LogP contribution in [0.1, 0.15) is 33.6 Å². The first-order valence-corrected chi connectivity index (χ1v) is 8.47. The fourth-order valence-corrected chi connectivity index (χ4v) is 4.95. The van der Waals surface area contributed by atoms with Crippen molar-refractivity contribution in [3.63, 3.8) is 0 Å². The van der Waals surface area contributed by atoms with Crippen molar-refractivity contribution in [1.82, 2.24) is 0 Å². The molecule has 1 rings (SSSR count). The highest BCUT2D eigenvalue weighted by molar-refractivity contribution is 7.54. The number of aliphatic hydroxyl groups is 1. The summed E-state index contributed by atoms with van der Waals surface area (Å²) in [7, 11) is -3.33. The highest BCUT2D eigenvalue weighted by Gasteiger charge is 2.51. The van der Waals surface area contributed by atoms with Crippen LogP contribution in [0.25, 0.3) is 0 Å². The Bertz CT molecular complexity index is 370. The van der Waals surface area contributed by atoms with E-state index in [1.807, 2.05) is 13.0 Å². The van der Waals surface area contributed by atoms with Gasteiger partial charge in [-0.25, -0.2) is 0 Å². The molecule has 0 saturated heterocycles. The predicted molar refractivity (Wildman–Crippen MR) is 77.3 cm³/mol. The van der Waals surface area contributed by atoms with Gasteiger partial charge in [-0.2, -0.15) is 0 Å². The van der Waals surface area contributed by atoms with Gasteiger partial charge >= 0.3 is 7.60 Å². The van der Waals surface area contributed by atoms with Crippen LogP contribution in [0.5, 0.6) is 0 Å². The van der Waals surface area contributed by atoms with Gasteiger partial charge in [0.15, 0.2) is 0 Å². The molecule has 0 aromatic carbocycles. The molecule has 0 radical (unpaired) electrons. The SMILES string of the molecule is C=CC(C)[C@]1(O)C=CCC[C@H]1P(=O)(OCC)OCC. The quantitative estimate of drug-likeness (QED) is 0.575. The molecule has 1 aliphatic rings. The summed E-state index contributed by atoms with van der Waals surface area (Å²) in [6.07, 6.45) is 6.66. The lowest BCUT2D eigenvalue weighted by molar-refractivity contribution is 0.0312. The van der Waals surface area contributed by atoms with Crippen LogP contribution in [0.4, 0.5) is 0 Å². The lowest BCUT2D eigenvalue weighted by Gasteiger charge is -2.42. The van der Waals surface area contributed by atoms with Crippen LogP contribution in [0.3, 0.4) is 0 Å². The fourth-order valence-electron chi connectivity index (χ4n) is 2.50. The second-order valence-corrected chi connectivity index (χ2v) is 7.00. The van der Waals surface area contributed by atoms with E-state index in [1.165, 1.54) is 0 Å². The third-order valence-electron chi connectivity index (χ3n) is 3.61. The molecule has 0 fully saturated rings. The van der Waals surface area contributed by atoms with Gasteiger partial charge in [-0.15, -0.1) is 6.58 Å². The molecule has 0 bridgehead atoms. The maximum atomic E-state index is 12.9. The molecule has 0 aromatic rings. The monoisotopic (exact) mass is 288 g/mol. The second-order valence-electron chi connectivity index (χ2n) is 4.78. The van der Waals surface area contributed by atoms with E-state index in [0.717, 1.165) is 6.42 Å². The van der Waals surface area contributed by atoms with Gasteiger partial charge in [0.1, 0.15) is 5.60 Å². The van der Waals surface area contributed by atoms with E-state index in [2.05, 4.69) is 6.58 Å². The molecule has 0 aromatic heterocycles. The highest BCUT2D eigenvalue weighted by Crippen LogP contribution is 2.60. The fraction of sp³-hybridized carbons (Fsp3) is 0.714. The van der Waals surface area contributed by atoms with Crippen molar-refractivity contribution in [1.29, 1.82) is 0 Å². The van der Waals surface area contributed by atoms with Crippen LogP contribution in [-0.4, -0.2) is 29.6 Å². The van der Waals surface area contributed by atoms with E-state index in [0.29, 0.717) is 19.6 Å². The van der Waals surface area contributed by atoms with Gasteiger partial charge in [0, 0.05) is 5.92 Å². The average Bonchev–Trinajstić information content (AvgIpc) is 2.38. The molecule has 110 valence electrons. The first-order chi connectivity index (χ1) is 8.94. The molecule has 1 aliphatic carbocycles. The zero-order chi connectivity index (χ0) is 14.5. The molecule has 4 nitrogen and oxygen atoms in total. The van der Waals surface area contributed by atoms with Crippen LogP contribution in [0.15, 0.2) is 24.8 Å². The molecular weight excluding hydrogens is 263 g/mol. The molecule has 0 heterocycles.